The Morgan fingerprint density at radius 3 is 2.38 bits per heavy atom. The first-order valence-electron chi connectivity index (χ1n) is 2.15. The van der Waals surface area contributed by atoms with Crippen molar-refractivity contribution >= 4 is 13.6 Å². The standard InChI is InChI=1S/C5H6N.BrH.Zn/c1-6-4-2-3-5-6;;/h2-4H,1H3;1H;/q-1;;+2/p-1. The number of hydrogen-bond donors (Lipinski definition) is 0. The third-order valence-electron chi connectivity index (χ3n) is 0.684. The Labute approximate surface area is 66.1 Å². The Balaban J connectivity index is 0.000000222. The first-order chi connectivity index (χ1) is 3.89. The number of nitrogens with zero attached hydrogens (tertiary/aromatic N) is 1. The molecular weight excluding hydrogens is 219 g/mol. The summed E-state index contributed by atoms with van der Waals surface area (Å²) in [5.74, 6) is 0. The molecule has 0 saturated carbocycles. The van der Waals surface area contributed by atoms with Crippen molar-refractivity contribution in [3.8, 4) is 0 Å². The molecule has 0 bridgehead atoms. The van der Waals surface area contributed by atoms with Gasteiger partial charge in [-0.25, -0.2) is 0 Å². The minimum absolute atomic E-state index is 1.19. The van der Waals surface area contributed by atoms with E-state index in [1.807, 2.05) is 29.9 Å². The molecule has 0 fully saturated rings. The maximum atomic E-state index is 3.06. The minimum atomic E-state index is 1.19. The van der Waals surface area contributed by atoms with Crippen molar-refractivity contribution in [2.45, 2.75) is 0 Å². The zero-order valence-electron chi connectivity index (χ0n) is 4.76. The molecule has 1 nitrogen and oxygen atoms in total. The Kier molecular flexibility index (Phi) is 5.78. The van der Waals surface area contributed by atoms with E-state index in [4.69, 9.17) is 0 Å². The monoisotopic (exact) mass is 223 g/mol. The molecule has 1 rings (SSSR count). The molecule has 1 aromatic heterocycles. The first-order valence-corrected chi connectivity index (χ1v) is 9.10. The van der Waals surface area contributed by atoms with Crippen LogP contribution >= 0.6 is 13.6 Å². The fraction of sp³-hybridized carbons (Fsp3) is 0.200. The normalized spacial score (nSPS) is 7.50. The molecule has 0 radical (unpaired) electrons. The van der Waals surface area contributed by atoms with E-state index < -0.39 is 0 Å². The zero-order chi connectivity index (χ0) is 6.41. The number of halogens is 1. The van der Waals surface area contributed by atoms with Gasteiger partial charge < -0.3 is 4.57 Å². The molecule has 0 aliphatic carbocycles. The summed E-state index contributed by atoms with van der Waals surface area (Å²) in [6.07, 6.45) is 4.86. The Morgan fingerprint density at radius 2 is 2.25 bits per heavy atom. The fourth-order valence-corrected chi connectivity index (χ4v) is 0.376. The van der Waals surface area contributed by atoms with Crippen molar-refractivity contribution < 1.29 is 16.3 Å². The van der Waals surface area contributed by atoms with Crippen LogP contribution < -0.4 is 0 Å². The van der Waals surface area contributed by atoms with Gasteiger partial charge >= 0.3 is 30.0 Å². The molecule has 0 unspecified atom stereocenters. The van der Waals surface area contributed by atoms with Gasteiger partial charge in [0, 0.05) is 0 Å². The van der Waals surface area contributed by atoms with E-state index >= 15 is 0 Å². The number of rotatable bonds is 0. The molecule has 0 N–H and O–H groups in total. The zero-order valence-corrected chi connectivity index (χ0v) is 9.32. The van der Waals surface area contributed by atoms with Crippen LogP contribution in [0.1, 0.15) is 0 Å². The van der Waals surface area contributed by atoms with Gasteiger partial charge in [0.1, 0.15) is 0 Å². The fourth-order valence-electron chi connectivity index (χ4n) is 0.376. The average Bonchev–Trinajstić information content (AvgIpc) is 2.24. The molecule has 3 heteroatoms. The summed E-state index contributed by atoms with van der Waals surface area (Å²) in [6.45, 7) is 0. The van der Waals surface area contributed by atoms with E-state index in [2.05, 4.69) is 19.8 Å². The molecule has 1 heterocycles. The van der Waals surface area contributed by atoms with Crippen molar-refractivity contribution in [1.29, 1.82) is 0 Å². The summed E-state index contributed by atoms with van der Waals surface area (Å²) in [5.41, 5.74) is 0. The van der Waals surface area contributed by atoms with Gasteiger partial charge in [0.15, 0.2) is 0 Å². The molecule has 0 aliphatic rings. The van der Waals surface area contributed by atoms with Crippen molar-refractivity contribution in [3.05, 3.63) is 24.5 Å². The van der Waals surface area contributed by atoms with E-state index in [0.717, 1.165) is 0 Å². The number of aromatic nitrogens is 1. The number of hydrogen-bond acceptors (Lipinski definition) is 0. The van der Waals surface area contributed by atoms with Gasteiger partial charge in [0.2, 0.25) is 0 Å². The van der Waals surface area contributed by atoms with Crippen molar-refractivity contribution in [2.75, 3.05) is 0 Å². The average molecular weight is 225 g/mol. The Hall–Kier alpha value is 0.383. The molecule has 0 spiro atoms. The topological polar surface area (TPSA) is 4.93 Å². The molecule has 0 amide bonds. The first kappa shape index (κ1) is 8.38. The van der Waals surface area contributed by atoms with Crippen molar-refractivity contribution in [3.63, 3.8) is 0 Å². The predicted molar refractivity (Wildman–Crippen MR) is 33.2 cm³/mol. The van der Waals surface area contributed by atoms with Crippen LogP contribution in [0.15, 0.2) is 18.3 Å². The molecule has 0 aliphatic heterocycles. The third-order valence-corrected chi connectivity index (χ3v) is 0.684. The van der Waals surface area contributed by atoms with E-state index in [0.29, 0.717) is 0 Å². The van der Waals surface area contributed by atoms with Gasteiger partial charge in [0.05, 0.1) is 0 Å². The van der Waals surface area contributed by atoms with E-state index in [9.17, 15) is 0 Å². The van der Waals surface area contributed by atoms with Gasteiger partial charge in [-0.05, 0) is 7.05 Å². The Bertz CT molecular complexity index is 116. The van der Waals surface area contributed by atoms with Crippen LogP contribution in [0.4, 0.5) is 0 Å². The van der Waals surface area contributed by atoms with Crippen LogP contribution in [-0.2, 0) is 23.4 Å². The number of aryl methyl sites for hydroxylation is 1. The van der Waals surface area contributed by atoms with Gasteiger partial charge in [-0.1, -0.05) is 0 Å². The van der Waals surface area contributed by atoms with Crippen molar-refractivity contribution in [1.82, 2.24) is 4.57 Å². The van der Waals surface area contributed by atoms with E-state index in [1.54, 1.807) is 0 Å². The summed E-state index contributed by atoms with van der Waals surface area (Å²) in [5, 5.41) is 0. The van der Waals surface area contributed by atoms with E-state index in [1.165, 1.54) is 16.3 Å². The summed E-state index contributed by atoms with van der Waals surface area (Å²) in [7, 11) is 1.94. The van der Waals surface area contributed by atoms with Gasteiger partial charge in [-0.2, -0.15) is 12.1 Å². The molecule has 1 aromatic rings. The second-order valence-electron chi connectivity index (χ2n) is 1.25. The molecule has 0 saturated heterocycles. The van der Waals surface area contributed by atoms with Crippen LogP contribution in [0.5, 0.6) is 0 Å². The predicted octanol–water partition coefficient (Wildman–Crippen LogP) is 1.67. The summed E-state index contributed by atoms with van der Waals surface area (Å²) >= 11 is 4.25. The summed E-state index contributed by atoms with van der Waals surface area (Å²) < 4.78 is 1.88. The van der Waals surface area contributed by atoms with Crippen LogP contribution in [0, 0.1) is 6.20 Å². The van der Waals surface area contributed by atoms with Gasteiger partial charge in [0.25, 0.3) is 0 Å². The second kappa shape index (κ2) is 5.52. The second-order valence-corrected chi connectivity index (χ2v) is 1.25. The quantitative estimate of drug-likeness (QED) is 0.467. The molecule has 0 aromatic carbocycles. The Morgan fingerprint density at radius 1 is 1.62 bits per heavy atom. The molecule has 8 heavy (non-hydrogen) atoms. The van der Waals surface area contributed by atoms with E-state index in [-0.39, 0.29) is 0 Å². The summed E-state index contributed by atoms with van der Waals surface area (Å²) in [4.78, 5) is 0. The van der Waals surface area contributed by atoms with Crippen LogP contribution in [0.3, 0.4) is 0 Å². The SMILES string of the molecule is Cn1[c-]ccc1.[Zn+][Br]. The maximum absolute atomic E-state index is 3.06. The summed E-state index contributed by atoms with van der Waals surface area (Å²) in [6, 6.07) is 3.82. The molecular formula is C5H6BrNZn. The van der Waals surface area contributed by atoms with Crippen LogP contribution in [0.2, 0.25) is 0 Å². The van der Waals surface area contributed by atoms with Gasteiger partial charge in [-0.15, -0.1) is 12.4 Å². The van der Waals surface area contributed by atoms with Crippen molar-refractivity contribution in [2.24, 2.45) is 7.05 Å². The van der Waals surface area contributed by atoms with Crippen LogP contribution in [0.25, 0.3) is 0 Å². The molecule has 0 atom stereocenters. The van der Waals surface area contributed by atoms with Crippen LogP contribution in [-0.4, -0.2) is 4.57 Å². The molecule has 40 valence electrons. The van der Waals surface area contributed by atoms with Gasteiger partial charge in [-0.3, -0.25) is 0 Å². The third kappa shape index (κ3) is 3.39.